The van der Waals surface area contributed by atoms with Crippen LogP contribution in [-0.4, -0.2) is 14.9 Å². The maximum atomic E-state index is 6.27. The third-order valence-corrected chi connectivity index (χ3v) is 5.49. The molecule has 2 N–H and O–H groups in total. The first kappa shape index (κ1) is 18.6. The summed E-state index contributed by atoms with van der Waals surface area (Å²) in [6.07, 6.45) is 0. The van der Waals surface area contributed by atoms with E-state index in [1.807, 2.05) is 43.3 Å². The van der Waals surface area contributed by atoms with Crippen LogP contribution in [0.4, 0.5) is 0 Å². The van der Waals surface area contributed by atoms with Gasteiger partial charge in [0.15, 0.2) is 5.82 Å². The summed E-state index contributed by atoms with van der Waals surface area (Å²) in [6.45, 7) is 6.39. The highest BCUT2D eigenvalue weighted by Crippen LogP contribution is 2.36. The van der Waals surface area contributed by atoms with Gasteiger partial charge in [-0.1, -0.05) is 59.3 Å². The fraction of sp³-hybridized carbons (Fsp3) is 0.263. The number of aromatic nitrogens is 3. The number of nitrogens with zero attached hydrogens (tertiary/aromatic N) is 3. The summed E-state index contributed by atoms with van der Waals surface area (Å²) in [6, 6.07) is 13.8. The summed E-state index contributed by atoms with van der Waals surface area (Å²) in [5.74, 6) is 7.54. The molecular formula is C19H21ClN4OS. The van der Waals surface area contributed by atoms with Gasteiger partial charge in [-0.05, 0) is 44.0 Å². The maximum Gasteiger partial charge on any atom is 0.210 e. The van der Waals surface area contributed by atoms with E-state index >= 15 is 0 Å². The SMILES string of the molecule is Cc1ccc(OCc2nnc(S[C@H](C)c3ccccc3Cl)n2N)c(C)c1. The number of nitrogens with two attached hydrogens (primary N) is 1. The number of ether oxygens (including phenoxy) is 1. The van der Waals surface area contributed by atoms with Crippen molar-refractivity contribution < 1.29 is 4.74 Å². The lowest BCUT2D eigenvalue weighted by Gasteiger charge is -2.13. The highest BCUT2D eigenvalue weighted by atomic mass is 35.5. The molecule has 2 aromatic carbocycles. The van der Waals surface area contributed by atoms with Crippen molar-refractivity contribution in [3.05, 3.63) is 70.0 Å². The van der Waals surface area contributed by atoms with Gasteiger partial charge in [0.1, 0.15) is 12.4 Å². The number of rotatable bonds is 6. The van der Waals surface area contributed by atoms with E-state index in [0.717, 1.165) is 21.9 Å². The minimum atomic E-state index is 0.100. The Morgan fingerprint density at radius 2 is 1.96 bits per heavy atom. The highest BCUT2D eigenvalue weighted by Gasteiger charge is 2.17. The zero-order valence-electron chi connectivity index (χ0n) is 14.9. The van der Waals surface area contributed by atoms with Crippen molar-refractivity contribution in [3.63, 3.8) is 0 Å². The molecule has 0 fully saturated rings. The summed E-state index contributed by atoms with van der Waals surface area (Å²) >= 11 is 7.78. The molecule has 0 spiro atoms. The molecule has 1 atom stereocenters. The van der Waals surface area contributed by atoms with Gasteiger partial charge in [-0.25, -0.2) is 4.68 Å². The molecule has 1 aromatic heterocycles. The van der Waals surface area contributed by atoms with Crippen LogP contribution in [0.5, 0.6) is 5.75 Å². The second-order valence-corrected chi connectivity index (χ2v) is 7.82. The molecule has 0 bridgehead atoms. The lowest BCUT2D eigenvalue weighted by molar-refractivity contribution is 0.289. The molecule has 0 saturated carbocycles. The van der Waals surface area contributed by atoms with Crippen molar-refractivity contribution >= 4 is 23.4 Å². The van der Waals surface area contributed by atoms with Crippen LogP contribution in [0.15, 0.2) is 47.6 Å². The monoisotopic (exact) mass is 388 g/mol. The van der Waals surface area contributed by atoms with Gasteiger partial charge in [-0.3, -0.25) is 0 Å². The largest absolute Gasteiger partial charge is 0.485 e. The Hall–Kier alpha value is -2.18. The predicted octanol–water partition coefficient (Wildman–Crippen LogP) is 4.69. The van der Waals surface area contributed by atoms with Crippen molar-refractivity contribution in [2.45, 2.75) is 37.8 Å². The van der Waals surface area contributed by atoms with Gasteiger partial charge in [0.05, 0.1) is 0 Å². The van der Waals surface area contributed by atoms with Gasteiger partial charge in [-0.2, -0.15) is 0 Å². The Bertz CT molecular complexity index is 912. The number of halogens is 1. The number of nitrogen functional groups attached to an aromatic ring is 1. The third kappa shape index (κ3) is 4.14. The van der Waals surface area contributed by atoms with Crippen LogP contribution in [0.3, 0.4) is 0 Å². The average molecular weight is 389 g/mol. The van der Waals surface area contributed by atoms with Gasteiger partial charge in [0.2, 0.25) is 5.16 Å². The van der Waals surface area contributed by atoms with Crippen LogP contribution in [0.1, 0.15) is 34.7 Å². The molecule has 0 unspecified atom stereocenters. The number of hydrogen-bond acceptors (Lipinski definition) is 5. The number of thioether (sulfide) groups is 1. The molecular weight excluding hydrogens is 368 g/mol. The van der Waals surface area contributed by atoms with E-state index in [1.165, 1.54) is 22.0 Å². The normalized spacial score (nSPS) is 12.2. The fourth-order valence-electron chi connectivity index (χ4n) is 2.62. The molecule has 0 radical (unpaired) electrons. The van der Waals surface area contributed by atoms with Crippen molar-refractivity contribution in [3.8, 4) is 5.75 Å². The Labute approximate surface area is 162 Å². The van der Waals surface area contributed by atoms with Crippen LogP contribution in [0, 0.1) is 13.8 Å². The van der Waals surface area contributed by atoms with E-state index in [1.54, 1.807) is 0 Å². The summed E-state index contributed by atoms with van der Waals surface area (Å²) in [7, 11) is 0. The lowest BCUT2D eigenvalue weighted by Crippen LogP contribution is -2.16. The molecule has 136 valence electrons. The second kappa shape index (κ2) is 8.01. The summed E-state index contributed by atoms with van der Waals surface area (Å²) in [5.41, 5.74) is 3.31. The summed E-state index contributed by atoms with van der Waals surface area (Å²) < 4.78 is 7.32. The Balaban J connectivity index is 1.69. The van der Waals surface area contributed by atoms with Crippen LogP contribution >= 0.6 is 23.4 Å². The summed E-state index contributed by atoms with van der Waals surface area (Å²) in [4.78, 5) is 0. The first-order valence-electron chi connectivity index (χ1n) is 8.26. The van der Waals surface area contributed by atoms with Crippen molar-refractivity contribution in [2.24, 2.45) is 0 Å². The van der Waals surface area contributed by atoms with Gasteiger partial charge in [0.25, 0.3) is 0 Å². The average Bonchev–Trinajstić information content (AvgIpc) is 2.94. The maximum absolute atomic E-state index is 6.27. The quantitative estimate of drug-likeness (QED) is 0.490. The fourth-order valence-corrected chi connectivity index (χ4v) is 3.94. The van der Waals surface area contributed by atoms with Crippen molar-refractivity contribution in [1.82, 2.24) is 14.9 Å². The first-order valence-corrected chi connectivity index (χ1v) is 9.52. The summed E-state index contributed by atoms with van der Waals surface area (Å²) in [5, 5.41) is 9.80. The lowest BCUT2D eigenvalue weighted by atomic mass is 10.1. The molecule has 7 heteroatoms. The topological polar surface area (TPSA) is 66.0 Å². The van der Waals surface area contributed by atoms with Gasteiger partial charge < -0.3 is 10.6 Å². The number of benzene rings is 2. The molecule has 0 aliphatic rings. The minimum Gasteiger partial charge on any atom is -0.485 e. The minimum absolute atomic E-state index is 0.100. The number of hydrogen-bond donors (Lipinski definition) is 1. The Kier molecular flexibility index (Phi) is 5.74. The molecule has 1 heterocycles. The smallest absolute Gasteiger partial charge is 0.210 e. The van der Waals surface area contributed by atoms with E-state index in [2.05, 4.69) is 30.1 Å². The highest BCUT2D eigenvalue weighted by molar-refractivity contribution is 7.99. The molecule has 0 aliphatic heterocycles. The predicted molar refractivity (Wildman–Crippen MR) is 106 cm³/mol. The van der Waals surface area contributed by atoms with E-state index < -0.39 is 0 Å². The molecule has 0 aliphatic carbocycles. The Morgan fingerprint density at radius 1 is 1.19 bits per heavy atom. The van der Waals surface area contributed by atoms with Gasteiger partial charge in [-0.15, -0.1) is 10.2 Å². The number of aryl methyl sites for hydroxylation is 2. The van der Waals surface area contributed by atoms with Gasteiger partial charge in [0, 0.05) is 10.3 Å². The molecule has 3 rings (SSSR count). The standard InChI is InChI=1S/C19H21ClN4OS/c1-12-8-9-17(13(2)10-12)25-11-18-22-23-19(24(18)21)26-14(3)15-6-4-5-7-16(15)20/h4-10,14H,11,21H2,1-3H3/t14-/m1/s1. The second-order valence-electron chi connectivity index (χ2n) is 6.11. The Morgan fingerprint density at radius 3 is 2.69 bits per heavy atom. The van der Waals surface area contributed by atoms with Crippen molar-refractivity contribution in [1.29, 1.82) is 0 Å². The molecule has 0 saturated heterocycles. The van der Waals surface area contributed by atoms with Crippen LogP contribution in [0.2, 0.25) is 5.02 Å². The van der Waals surface area contributed by atoms with Gasteiger partial charge >= 0.3 is 0 Å². The molecule has 26 heavy (non-hydrogen) atoms. The van der Waals surface area contributed by atoms with E-state index in [0.29, 0.717) is 11.0 Å². The molecule has 5 nitrogen and oxygen atoms in total. The third-order valence-electron chi connectivity index (χ3n) is 4.05. The van der Waals surface area contributed by atoms with Crippen LogP contribution < -0.4 is 10.6 Å². The first-order chi connectivity index (χ1) is 12.5. The zero-order chi connectivity index (χ0) is 18.7. The van der Waals surface area contributed by atoms with Crippen LogP contribution in [-0.2, 0) is 6.61 Å². The zero-order valence-corrected chi connectivity index (χ0v) is 16.5. The van der Waals surface area contributed by atoms with E-state index in [4.69, 9.17) is 22.2 Å². The van der Waals surface area contributed by atoms with E-state index in [-0.39, 0.29) is 11.9 Å². The van der Waals surface area contributed by atoms with Crippen molar-refractivity contribution in [2.75, 3.05) is 5.84 Å². The molecule has 0 amide bonds. The molecule has 3 aromatic rings. The van der Waals surface area contributed by atoms with E-state index in [9.17, 15) is 0 Å². The van der Waals surface area contributed by atoms with Crippen LogP contribution in [0.25, 0.3) is 0 Å².